The van der Waals surface area contributed by atoms with Gasteiger partial charge < -0.3 is 15.2 Å². The third kappa shape index (κ3) is 3.14. The molecule has 1 unspecified atom stereocenters. The highest BCUT2D eigenvalue weighted by Gasteiger charge is 2.34. The molecule has 1 aromatic rings. The number of rotatable bonds is 4. The summed E-state index contributed by atoms with van der Waals surface area (Å²) in [6, 6.07) is 8.38. The van der Waals surface area contributed by atoms with Crippen molar-refractivity contribution in [3.8, 4) is 0 Å². The van der Waals surface area contributed by atoms with Crippen LogP contribution in [0.1, 0.15) is 42.7 Å². The first-order valence-corrected chi connectivity index (χ1v) is 7.89. The summed E-state index contributed by atoms with van der Waals surface area (Å²) in [6.07, 6.45) is 2.72. The molecule has 3 atom stereocenters. The van der Waals surface area contributed by atoms with Crippen molar-refractivity contribution in [1.82, 2.24) is 5.32 Å². The number of hydrogen-bond acceptors (Lipinski definition) is 3. The molecule has 22 heavy (non-hydrogen) atoms. The summed E-state index contributed by atoms with van der Waals surface area (Å²) in [5.41, 5.74) is 2.70. The molecule has 0 spiro atoms. The van der Waals surface area contributed by atoms with E-state index in [2.05, 4.69) is 23.5 Å². The lowest BCUT2D eigenvalue weighted by Crippen LogP contribution is -2.38. The number of carbonyl (C=O) groups is 2. The van der Waals surface area contributed by atoms with E-state index in [0.29, 0.717) is 25.3 Å². The molecule has 1 heterocycles. The molecule has 0 saturated carbocycles. The predicted octanol–water partition coefficient (Wildman–Crippen LogP) is 1.85. The van der Waals surface area contributed by atoms with Gasteiger partial charge in [-0.25, -0.2) is 4.79 Å². The number of amides is 1. The van der Waals surface area contributed by atoms with E-state index in [0.717, 1.165) is 19.3 Å². The maximum absolute atomic E-state index is 12.1. The summed E-state index contributed by atoms with van der Waals surface area (Å²) in [6.45, 7) is 0.591. The number of carboxylic acids is 1. The molecule has 2 N–H and O–H groups in total. The molecule has 5 nitrogen and oxygen atoms in total. The Hall–Kier alpha value is -1.88. The second-order valence-corrected chi connectivity index (χ2v) is 6.06. The third-order valence-corrected chi connectivity index (χ3v) is 4.60. The van der Waals surface area contributed by atoms with Crippen LogP contribution >= 0.6 is 0 Å². The van der Waals surface area contributed by atoms with Gasteiger partial charge in [-0.05, 0) is 43.2 Å². The first-order valence-electron chi connectivity index (χ1n) is 7.89. The number of aryl methyl sites for hydroxylation is 1. The van der Waals surface area contributed by atoms with Crippen molar-refractivity contribution < 1.29 is 19.4 Å². The standard InChI is InChI=1S/C17H21NO4/c19-16(14-8-9-15(22-14)17(20)21)18-10-12-6-3-5-11-4-1-2-7-13(11)12/h1-2,4,7,12,14-15H,3,5-6,8-10H2,(H,18,19)(H,20,21)/t12?,14-,15+/m0/s1. The highest BCUT2D eigenvalue weighted by Crippen LogP contribution is 2.31. The Morgan fingerprint density at radius 3 is 2.73 bits per heavy atom. The van der Waals surface area contributed by atoms with E-state index >= 15 is 0 Å². The molecular weight excluding hydrogens is 282 g/mol. The van der Waals surface area contributed by atoms with E-state index in [4.69, 9.17) is 9.84 Å². The van der Waals surface area contributed by atoms with E-state index in [-0.39, 0.29) is 5.91 Å². The van der Waals surface area contributed by atoms with Crippen molar-refractivity contribution in [3.05, 3.63) is 35.4 Å². The van der Waals surface area contributed by atoms with Gasteiger partial charge in [0.15, 0.2) is 6.10 Å². The van der Waals surface area contributed by atoms with E-state index < -0.39 is 18.2 Å². The average molecular weight is 303 g/mol. The lowest BCUT2D eigenvalue weighted by molar-refractivity contribution is -0.151. The predicted molar refractivity (Wildman–Crippen MR) is 80.7 cm³/mol. The number of ether oxygens (including phenoxy) is 1. The van der Waals surface area contributed by atoms with Crippen LogP contribution in [0.25, 0.3) is 0 Å². The molecule has 0 aromatic heterocycles. The molecular formula is C17H21NO4. The molecule has 1 aromatic carbocycles. The largest absolute Gasteiger partial charge is 0.479 e. The molecule has 0 radical (unpaired) electrons. The van der Waals surface area contributed by atoms with Gasteiger partial charge in [0.25, 0.3) is 0 Å². The number of benzene rings is 1. The van der Waals surface area contributed by atoms with Crippen LogP contribution in [0, 0.1) is 0 Å². The first kappa shape index (κ1) is 15.0. The van der Waals surface area contributed by atoms with Gasteiger partial charge in [-0.2, -0.15) is 0 Å². The summed E-state index contributed by atoms with van der Waals surface area (Å²) < 4.78 is 5.28. The Labute approximate surface area is 129 Å². The number of carboxylic acid groups (broad SMARTS) is 1. The fourth-order valence-electron chi connectivity index (χ4n) is 3.42. The van der Waals surface area contributed by atoms with Crippen molar-refractivity contribution in [3.63, 3.8) is 0 Å². The summed E-state index contributed by atoms with van der Waals surface area (Å²) in [5, 5.41) is 11.8. The van der Waals surface area contributed by atoms with E-state index in [1.165, 1.54) is 11.1 Å². The second kappa shape index (κ2) is 6.48. The van der Waals surface area contributed by atoms with E-state index in [1.807, 2.05) is 6.07 Å². The van der Waals surface area contributed by atoms with Gasteiger partial charge in [-0.1, -0.05) is 24.3 Å². The zero-order valence-electron chi connectivity index (χ0n) is 12.5. The van der Waals surface area contributed by atoms with Gasteiger partial charge in [0.1, 0.15) is 6.10 Å². The maximum atomic E-state index is 12.1. The fourth-order valence-corrected chi connectivity index (χ4v) is 3.42. The van der Waals surface area contributed by atoms with Gasteiger partial charge in [-0.3, -0.25) is 4.79 Å². The number of carbonyl (C=O) groups excluding carboxylic acids is 1. The molecule has 118 valence electrons. The molecule has 1 aliphatic heterocycles. The molecule has 0 bridgehead atoms. The molecule has 5 heteroatoms. The smallest absolute Gasteiger partial charge is 0.332 e. The Morgan fingerprint density at radius 1 is 1.18 bits per heavy atom. The Kier molecular flexibility index (Phi) is 4.43. The highest BCUT2D eigenvalue weighted by molar-refractivity contribution is 5.82. The number of fused-ring (bicyclic) bond motifs is 1. The lowest BCUT2D eigenvalue weighted by Gasteiger charge is -2.26. The third-order valence-electron chi connectivity index (χ3n) is 4.60. The van der Waals surface area contributed by atoms with Gasteiger partial charge in [0, 0.05) is 12.5 Å². The SMILES string of the molecule is O=C(NCC1CCCc2ccccc21)[C@@H]1CC[C@H](C(=O)O)O1. The van der Waals surface area contributed by atoms with Gasteiger partial charge in [0.05, 0.1) is 0 Å². The topological polar surface area (TPSA) is 75.6 Å². The quantitative estimate of drug-likeness (QED) is 0.890. The second-order valence-electron chi connectivity index (χ2n) is 6.06. The van der Waals surface area contributed by atoms with Gasteiger partial charge >= 0.3 is 5.97 Å². The van der Waals surface area contributed by atoms with Crippen molar-refractivity contribution in [2.45, 2.75) is 50.2 Å². The lowest BCUT2D eigenvalue weighted by atomic mass is 9.83. The van der Waals surface area contributed by atoms with Crippen LogP contribution in [0.4, 0.5) is 0 Å². The van der Waals surface area contributed by atoms with Gasteiger partial charge in [-0.15, -0.1) is 0 Å². The summed E-state index contributed by atoms with van der Waals surface area (Å²) in [4.78, 5) is 23.0. The van der Waals surface area contributed by atoms with Crippen molar-refractivity contribution in [1.29, 1.82) is 0 Å². The highest BCUT2D eigenvalue weighted by atomic mass is 16.5. The normalized spacial score (nSPS) is 27.2. The van der Waals surface area contributed by atoms with Crippen molar-refractivity contribution in [2.75, 3.05) is 6.54 Å². The molecule has 1 amide bonds. The zero-order chi connectivity index (χ0) is 15.5. The minimum atomic E-state index is -0.989. The number of hydrogen-bond donors (Lipinski definition) is 2. The van der Waals surface area contributed by atoms with Crippen LogP contribution in [-0.2, 0) is 20.7 Å². The zero-order valence-corrected chi connectivity index (χ0v) is 12.5. The van der Waals surface area contributed by atoms with Crippen molar-refractivity contribution in [2.24, 2.45) is 0 Å². The van der Waals surface area contributed by atoms with Crippen LogP contribution in [0.15, 0.2) is 24.3 Å². The van der Waals surface area contributed by atoms with E-state index in [9.17, 15) is 9.59 Å². The van der Waals surface area contributed by atoms with Crippen LogP contribution in [0.5, 0.6) is 0 Å². The minimum Gasteiger partial charge on any atom is -0.479 e. The summed E-state index contributed by atoms with van der Waals surface area (Å²) >= 11 is 0. The van der Waals surface area contributed by atoms with E-state index in [1.54, 1.807) is 0 Å². The van der Waals surface area contributed by atoms with Crippen LogP contribution < -0.4 is 5.32 Å². The molecule has 3 rings (SSSR count). The number of aliphatic carboxylic acids is 1. The molecule has 1 saturated heterocycles. The Morgan fingerprint density at radius 2 is 1.95 bits per heavy atom. The van der Waals surface area contributed by atoms with Crippen LogP contribution in [0.3, 0.4) is 0 Å². The van der Waals surface area contributed by atoms with Gasteiger partial charge in [0.2, 0.25) is 5.91 Å². The monoisotopic (exact) mass is 303 g/mol. The molecule has 1 aliphatic carbocycles. The van der Waals surface area contributed by atoms with Crippen LogP contribution in [0.2, 0.25) is 0 Å². The molecule has 1 fully saturated rings. The first-order chi connectivity index (χ1) is 10.6. The number of nitrogens with one attached hydrogen (secondary N) is 1. The maximum Gasteiger partial charge on any atom is 0.332 e. The summed E-state index contributed by atoms with van der Waals surface area (Å²) in [7, 11) is 0. The van der Waals surface area contributed by atoms with Crippen molar-refractivity contribution >= 4 is 11.9 Å². The average Bonchev–Trinajstić information content (AvgIpc) is 3.03. The fraction of sp³-hybridized carbons (Fsp3) is 0.529. The Balaban J connectivity index is 1.55. The summed E-state index contributed by atoms with van der Waals surface area (Å²) in [5.74, 6) is -0.839. The molecule has 2 aliphatic rings. The van der Waals surface area contributed by atoms with Crippen LogP contribution in [-0.4, -0.2) is 35.7 Å². The Bertz CT molecular complexity index is 572. The minimum absolute atomic E-state index is 0.188.